The Morgan fingerprint density at radius 3 is 2.69 bits per heavy atom. The summed E-state index contributed by atoms with van der Waals surface area (Å²) in [6.07, 6.45) is 2.89. The lowest BCUT2D eigenvalue weighted by atomic mass is 9.83. The third-order valence-electron chi connectivity index (χ3n) is 7.89. The molecule has 2 saturated heterocycles. The zero-order chi connectivity index (χ0) is 28.1. The molecule has 0 saturated carbocycles. The number of hydroxylamine groups is 2. The number of nitrogens with zero attached hydrogens (tertiary/aromatic N) is 4. The van der Waals surface area contributed by atoms with E-state index in [1.54, 1.807) is 4.90 Å². The van der Waals surface area contributed by atoms with Crippen LogP contribution in [0.2, 0.25) is 0 Å². The van der Waals surface area contributed by atoms with E-state index in [-0.39, 0.29) is 36.7 Å². The Labute approximate surface area is 229 Å². The van der Waals surface area contributed by atoms with Crippen molar-refractivity contribution >= 4 is 23.8 Å². The molecule has 11 heteroatoms. The third-order valence-corrected chi connectivity index (χ3v) is 7.89. The molecule has 1 N–H and O–H groups in total. The number of rotatable bonds is 12. The standard InChI is InChI=1S/C28H40N4O7/c1-4-11-32(39-14-5-2)25(34)18-31-17-21(19-6-7-23-20(16-19)10-15-38-23)26(27(35)36)22(31)8-12-30-13-9-24(33)29(3)28(30)37/h6-7,16,21-22,26H,4-5,8-15,17-18H2,1-3H3,(H,35,36)/t21-,22+,26?/m1/s1. The molecule has 4 rings (SSSR count). The van der Waals surface area contributed by atoms with Crippen LogP contribution in [0.3, 0.4) is 0 Å². The number of fused-ring (bicyclic) bond motifs is 1. The number of imide groups is 1. The maximum Gasteiger partial charge on any atom is 0.326 e. The van der Waals surface area contributed by atoms with Gasteiger partial charge in [0.1, 0.15) is 5.75 Å². The molecule has 1 unspecified atom stereocenters. The first-order valence-corrected chi connectivity index (χ1v) is 14.0. The number of carbonyl (C=O) groups excluding carboxylic acids is 3. The molecular weight excluding hydrogens is 504 g/mol. The van der Waals surface area contributed by atoms with Gasteiger partial charge in [-0.15, -0.1) is 0 Å². The number of likely N-dealkylation sites (tertiary alicyclic amines) is 1. The number of carboxylic acid groups (broad SMARTS) is 1. The molecule has 2 fully saturated rings. The minimum atomic E-state index is -0.929. The van der Waals surface area contributed by atoms with Crippen LogP contribution < -0.4 is 4.74 Å². The molecule has 11 nitrogen and oxygen atoms in total. The Morgan fingerprint density at radius 1 is 1.18 bits per heavy atom. The van der Waals surface area contributed by atoms with Crippen LogP contribution in [0, 0.1) is 5.92 Å². The molecule has 214 valence electrons. The van der Waals surface area contributed by atoms with E-state index in [2.05, 4.69) is 0 Å². The van der Waals surface area contributed by atoms with Crippen LogP contribution in [0.4, 0.5) is 4.79 Å². The summed E-state index contributed by atoms with van der Waals surface area (Å²) >= 11 is 0. The second-order valence-corrected chi connectivity index (χ2v) is 10.5. The summed E-state index contributed by atoms with van der Waals surface area (Å²) in [5.74, 6) is -1.63. The number of urea groups is 1. The summed E-state index contributed by atoms with van der Waals surface area (Å²) in [5, 5.41) is 11.8. The topological polar surface area (TPSA) is 120 Å². The fourth-order valence-corrected chi connectivity index (χ4v) is 5.85. The number of aliphatic carboxylic acids is 1. The Balaban J connectivity index is 1.58. The van der Waals surface area contributed by atoms with Crippen molar-refractivity contribution in [2.24, 2.45) is 5.92 Å². The Morgan fingerprint density at radius 2 is 1.97 bits per heavy atom. The number of benzene rings is 1. The Hall–Kier alpha value is -3.18. The van der Waals surface area contributed by atoms with Crippen molar-refractivity contribution in [2.45, 2.75) is 57.9 Å². The number of carboxylic acids is 1. The van der Waals surface area contributed by atoms with Gasteiger partial charge in [0.15, 0.2) is 0 Å². The van der Waals surface area contributed by atoms with E-state index >= 15 is 0 Å². The summed E-state index contributed by atoms with van der Waals surface area (Å²) in [7, 11) is 1.46. The molecule has 3 aliphatic heterocycles. The van der Waals surface area contributed by atoms with E-state index in [0.717, 1.165) is 41.0 Å². The van der Waals surface area contributed by atoms with Crippen LogP contribution >= 0.6 is 0 Å². The fraction of sp³-hybridized carbons (Fsp3) is 0.643. The maximum atomic E-state index is 13.3. The van der Waals surface area contributed by atoms with Crippen LogP contribution in [0.5, 0.6) is 5.75 Å². The van der Waals surface area contributed by atoms with E-state index < -0.39 is 17.9 Å². The predicted octanol–water partition coefficient (Wildman–Crippen LogP) is 2.34. The number of hydrogen-bond donors (Lipinski definition) is 1. The maximum absolute atomic E-state index is 13.3. The molecule has 3 heterocycles. The quantitative estimate of drug-likeness (QED) is 0.398. The van der Waals surface area contributed by atoms with Crippen LogP contribution in [-0.4, -0.2) is 108 Å². The third kappa shape index (κ3) is 6.36. The molecule has 3 atom stereocenters. The molecule has 0 spiro atoms. The van der Waals surface area contributed by atoms with Crippen molar-refractivity contribution < 1.29 is 33.9 Å². The second-order valence-electron chi connectivity index (χ2n) is 10.5. The Bertz CT molecular complexity index is 1080. The second kappa shape index (κ2) is 12.8. The zero-order valence-corrected chi connectivity index (χ0v) is 23.1. The number of amides is 4. The van der Waals surface area contributed by atoms with Crippen molar-refractivity contribution in [3.05, 3.63) is 29.3 Å². The van der Waals surface area contributed by atoms with E-state index in [9.17, 15) is 24.3 Å². The highest BCUT2D eigenvalue weighted by molar-refractivity contribution is 5.96. The van der Waals surface area contributed by atoms with Gasteiger partial charge in [0, 0.05) is 58.0 Å². The van der Waals surface area contributed by atoms with Gasteiger partial charge in [-0.1, -0.05) is 26.0 Å². The summed E-state index contributed by atoms with van der Waals surface area (Å²) in [5.41, 5.74) is 1.98. The van der Waals surface area contributed by atoms with Gasteiger partial charge < -0.3 is 14.7 Å². The van der Waals surface area contributed by atoms with E-state index in [1.165, 1.54) is 12.1 Å². The lowest BCUT2D eigenvalue weighted by Gasteiger charge is -2.34. The largest absolute Gasteiger partial charge is 0.493 e. The molecule has 39 heavy (non-hydrogen) atoms. The minimum Gasteiger partial charge on any atom is -0.493 e. The fourth-order valence-electron chi connectivity index (χ4n) is 5.85. The van der Waals surface area contributed by atoms with E-state index in [1.807, 2.05) is 36.9 Å². The summed E-state index contributed by atoms with van der Waals surface area (Å²) < 4.78 is 5.64. The molecule has 0 radical (unpaired) electrons. The first-order chi connectivity index (χ1) is 18.7. The molecule has 1 aromatic rings. The number of carbonyl (C=O) groups is 4. The molecule has 0 aliphatic carbocycles. The van der Waals surface area contributed by atoms with Gasteiger partial charge in [-0.3, -0.25) is 29.0 Å². The molecule has 1 aromatic carbocycles. The van der Waals surface area contributed by atoms with Crippen LogP contribution in [-0.2, 0) is 25.6 Å². The SMILES string of the molecule is CCCON(CCC)C(=O)CN1C[C@H](c2ccc3c(c2)CCO3)C(C(=O)O)[C@@H]1CCN1CCC(=O)N(C)C1=O. The normalized spacial score (nSPS) is 23.2. The van der Waals surface area contributed by atoms with Crippen molar-refractivity contribution in [2.75, 3.05) is 53.0 Å². The van der Waals surface area contributed by atoms with Crippen molar-refractivity contribution in [3.8, 4) is 5.75 Å². The van der Waals surface area contributed by atoms with Gasteiger partial charge in [0.2, 0.25) is 5.91 Å². The first-order valence-electron chi connectivity index (χ1n) is 14.0. The van der Waals surface area contributed by atoms with Crippen LogP contribution in [0.1, 0.15) is 56.6 Å². The Kier molecular flexibility index (Phi) is 9.45. The molecule has 4 amide bonds. The summed E-state index contributed by atoms with van der Waals surface area (Å²) in [4.78, 5) is 61.0. The summed E-state index contributed by atoms with van der Waals surface area (Å²) in [6, 6.07) is 5.01. The lowest BCUT2D eigenvalue weighted by Crippen LogP contribution is -2.52. The van der Waals surface area contributed by atoms with E-state index in [4.69, 9.17) is 9.57 Å². The average Bonchev–Trinajstić information content (AvgIpc) is 3.53. The molecule has 3 aliphatic rings. The number of ether oxygens (including phenoxy) is 1. The van der Waals surface area contributed by atoms with Gasteiger partial charge in [0.05, 0.1) is 25.7 Å². The molecule has 0 aromatic heterocycles. The van der Waals surface area contributed by atoms with Gasteiger partial charge >= 0.3 is 12.0 Å². The van der Waals surface area contributed by atoms with Gasteiger partial charge in [-0.2, -0.15) is 0 Å². The minimum absolute atomic E-state index is 0.0229. The molecular formula is C28H40N4O7. The van der Waals surface area contributed by atoms with Gasteiger partial charge in [-0.05, 0) is 36.5 Å². The highest BCUT2D eigenvalue weighted by atomic mass is 16.7. The lowest BCUT2D eigenvalue weighted by molar-refractivity contribution is -0.188. The van der Waals surface area contributed by atoms with Crippen LogP contribution in [0.15, 0.2) is 18.2 Å². The first kappa shape index (κ1) is 28.8. The van der Waals surface area contributed by atoms with E-state index in [0.29, 0.717) is 45.8 Å². The zero-order valence-electron chi connectivity index (χ0n) is 23.1. The number of hydrogen-bond acceptors (Lipinski definition) is 7. The van der Waals surface area contributed by atoms with Gasteiger partial charge in [-0.25, -0.2) is 9.86 Å². The highest BCUT2D eigenvalue weighted by Gasteiger charge is 2.47. The van der Waals surface area contributed by atoms with Crippen molar-refractivity contribution in [1.29, 1.82) is 0 Å². The van der Waals surface area contributed by atoms with Crippen molar-refractivity contribution in [3.63, 3.8) is 0 Å². The monoisotopic (exact) mass is 544 g/mol. The average molecular weight is 545 g/mol. The molecule has 0 bridgehead atoms. The van der Waals surface area contributed by atoms with Crippen LogP contribution in [0.25, 0.3) is 0 Å². The predicted molar refractivity (Wildman–Crippen MR) is 142 cm³/mol. The van der Waals surface area contributed by atoms with Gasteiger partial charge in [0.25, 0.3) is 5.91 Å². The van der Waals surface area contributed by atoms with Crippen molar-refractivity contribution in [1.82, 2.24) is 19.8 Å². The summed E-state index contributed by atoms with van der Waals surface area (Å²) in [6.45, 7) is 6.46. The highest BCUT2D eigenvalue weighted by Crippen LogP contribution is 2.41. The smallest absolute Gasteiger partial charge is 0.326 e.